The highest BCUT2D eigenvalue weighted by atomic mass is 16.5. The minimum absolute atomic E-state index is 0.00339. The maximum atomic E-state index is 15.1. The third-order valence-electron chi connectivity index (χ3n) is 16.2. The molecule has 1 heterocycles. The van der Waals surface area contributed by atoms with Gasteiger partial charge in [-0.1, -0.05) is 101 Å². The number of amides is 11. The van der Waals surface area contributed by atoms with E-state index in [1.54, 1.807) is 74.5 Å². The molecule has 0 saturated carbocycles. The Bertz CT molecular complexity index is 2400. The van der Waals surface area contributed by atoms with Gasteiger partial charge in [0, 0.05) is 54.7 Å². The van der Waals surface area contributed by atoms with E-state index in [1.807, 2.05) is 41.5 Å². The fraction of sp³-hybridized carbons (Fsp3) is 0.762. The fourth-order valence-corrected chi connectivity index (χ4v) is 10.9. The smallest absolute Gasteiger partial charge is 0.246 e. The molecule has 0 radical (unpaired) electrons. The number of carbonyl (C=O) groups excluding carboxylic acids is 11. The van der Waals surface area contributed by atoms with Crippen molar-refractivity contribution in [3.05, 3.63) is 24.8 Å². The van der Waals surface area contributed by atoms with Gasteiger partial charge < -0.3 is 65.4 Å². The molecule has 24 heteroatoms. The fourth-order valence-electron chi connectivity index (χ4n) is 10.9. The van der Waals surface area contributed by atoms with E-state index in [-0.39, 0.29) is 56.6 Å². The summed E-state index contributed by atoms with van der Waals surface area (Å²) in [5, 5.41) is 23.0. The molecule has 1 fully saturated rings. The van der Waals surface area contributed by atoms with Crippen molar-refractivity contribution >= 4 is 65.0 Å². The number of carbonyl (C=O) groups is 11. The summed E-state index contributed by atoms with van der Waals surface area (Å²) >= 11 is 0. The van der Waals surface area contributed by atoms with Gasteiger partial charge in [0.25, 0.3) is 0 Å². The molecule has 0 spiro atoms. The molecular formula is C63H111N11O13. The molecular weight excluding hydrogens is 1120 g/mol. The minimum Gasteiger partial charge on any atom is -0.390 e. The first-order chi connectivity index (χ1) is 40.3. The molecule has 0 bridgehead atoms. The second kappa shape index (κ2) is 36.1. The Morgan fingerprint density at radius 1 is 0.529 bits per heavy atom. The van der Waals surface area contributed by atoms with Crippen LogP contribution in [-0.4, -0.2) is 239 Å². The van der Waals surface area contributed by atoms with Crippen LogP contribution in [0.3, 0.4) is 0 Å². The summed E-state index contributed by atoms with van der Waals surface area (Å²) < 4.78 is 5.92. The highest BCUT2D eigenvalue weighted by Crippen LogP contribution is 2.25. The molecule has 5 N–H and O–H groups in total. The van der Waals surface area contributed by atoms with Gasteiger partial charge in [0.05, 0.1) is 25.4 Å². The molecule has 1 aliphatic rings. The highest BCUT2D eigenvalue weighted by molar-refractivity contribution is 5.99. The van der Waals surface area contributed by atoms with Crippen LogP contribution < -0.4 is 21.3 Å². The van der Waals surface area contributed by atoms with Crippen LogP contribution in [0.25, 0.3) is 0 Å². The second-order valence-corrected chi connectivity index (χ2v) is 25.5. The van der Waals surface area contributed by atoms with Crippen LogP contribution in [0.2, 0.25) is 0 Å². The molecule has 87 heavy (non-hydrogen) atoms. The van der Waals surface area contributed by atoms with Crippen LogP contribution in [-0.2, 0) is 57.5 Å². The summed E-state index contributed by atoms with van der Waals surface area (Å²) in [6.45, 7) is 32.1. The first-order valence-electron chi connectivity index (χ1n) is 30.9. The molecule has 13 atom stereocenters. The molecule has 1 unspecified atom stereocenters. The van der Waals surface area contributed by atoms with Crippen molar-refractivity contribution in [1.82, 2.24) is 55.6 Å². The Kier molecular flexibility index (Phi) is 32.7. The van der Waals surface area contributed by atoms with Crippen LogP contribution in [0.1, 0.15) is 143 Å². The monoisotopic (exact) mass is 1230 g/mol. The first kappa shape index (κ1) is 78.6. The van der Waals surface area contributed by atoms with E-state index >= 15 is 9.59 Å². The number of rotatable bonds is 17. The zero-order valence-corrected chi connectivity index (χ0v) is 56.8. The number of aliphatic hydroxyl groups is 1. The number of hydrogen-bond acceptors (Lipinski definition) is 13. The van der Waals surface area contributed by atoms with Crippen molar-refractivity contribution in [2.75, 3.05) is 62.0 Å². The second-order valence-electron chi connectivity index (χ2n) is 25.5. The summed E-state index contributed by atoms with van der Waals surface area (Å²) in [5.74, 6) is -10.2. The van der Waals surface area contributed by atoms with Gasteiger partial charge in [-0.15, -0.1) is 6.58 Å². The predicted octanol–water partition coefficient (Wildman–Crippen LogP) is 2.81. The Labute approximate surface area is 519 Å². The summed E-state index contributed by atoms with van der Waals surface area (Å²) in [6, 6.07) is -12.9. The number of hydrogen-bond donors (Lipinski definition) is 5. The Balaban J connectivity index is 4.40. The van der Waals surface area contributed by atoms with E-state index in [4.69, 9.17) is 4.74 Å². The van der Waals surface area contributed by atoms with Crippen LogP contribution in [0.15, 0.2) is 24.8 Å². The van der Waals surface area contributed by atoms with Crippen LogP contribution in [0, 0.1) is 35.5 Å². The summed E-state index contributed by atoms with van der Waals surface area (Å²) in [7, 11) is 8.41. The van der Waals surface area contributed by atoms with E-state index in [2.05, 4.69) is 27.8 Å². The third-order valence-corrected chi connectivity index (χ3v) is 16.2. The normalized spacial score (nSPS) is 26.8. The maximum absolute atomic E-state index is 15.1. The maximum Gasteiger partial charge on any atom is 0.246 e. The topological polar surface area (TPSA) is 288 Å². The van der Waals surface area contributed by atoms with Crippen molar-refractivity contribution in [2.45, 2.75) is 216 Å². The van der Waals surface area contributed by atoms with Gasteiger partial charge in [-0.05, 0) is 89.9 Å². The average Bonchev–Trinajstić information content (AvgIpc) is 1.99. The molecule has 0 aromatic heterocycles. The van der Waals surface area contributed by atoms with Gasteiger partial charge in [0.15, 0.2) is 0 Å². The Morgan fingerprint density at radius 2 is 0.989 bits per heavy atom. The SMILES string of the molecule is C=CCO[C@H](C)C1C(=O)N[C@@H](C(C)C)C(=O)N(C)[C@@H](CC(C)C)C(=O)N[C@@H](C)C(=O)N[C@H](C)C(=O)N(C)[C@@H](CC(C)C)C(=O)N(C)[C@@H](CC(C)C)C(=O)N(C)[C@@H](C(C)C)C(=O)N(C)[C@@H]([C@H](O)[C@H](C)/C=C/C)C(=O)N[C@@H](CC)C(=O)N(CC)CC(=O)N1C. The molecule has 11 amide bonds. The van der Waals surface area contributed by atoms with Crippen molar-refractivity contribution in [2.24, 2.45) is 35.5 Å². The van der Waals surface area contributed by atoms with E-state index in [0.717, 1.165) is 9.80 Å². The zero-order chi connectivity index (χ0) is 67.4. The summed E-state index contributed by atoms with van der Waals surface area (Å²) in [4.78, 5) is 169. The predicted molar refractivity (Wildman–Crippen MR) is 335 cm³/mol. The number of nitrogens with zero attached hydrogens (tertiary/aromatic N) is 7. The number of aliphatic hydroxyl groups excluding tert-OH is 1. The van der Waals surface area contributed by atoms with Crippen molar-refractivity contribution in [1.29, 1.82) is 0 Å². The van der Waals surface area contributed by atoms with Crippen molar-refractivity contribution in [3.63, 3.8) is 0 Å². The lowest BCUT2D eigenvalue weighted by Crippen LogP contribution is -2.63. The highest BCUT2D eigenvalue weighted by Gasteiger charge is 2.46. The van der Waals surface area contributed by atoms with Gasteiger partial charge in [0.1, 0.15) is 60.4 Å². The largest absolute Gasteiger partial charge is 0.390 e. The van der Waals surface area contributed by atoms with E-state index < -0.39 is 162 Å². The van der Waals surface area contributed by atoms with Crippen molar-refractivity contribution < 1.29 is 62.6 Å². The molecule has 496 valence electrons. The van der Waals surface area contributed by atoms with Gasteiger partial charge in [0.2, 0.25) is 65.0 Å². The zero-order valence-electron chi connectivity index (χ0n) is 56.8. The van der Waals surface area contributed by atoms with E-state index in [9.17, 15) is 48.3 Å². The lowest BCUT2D eigenvalue weighted by Gasteiger charge is -2.41. The average molecular weight is 1230 g/mol. The number of likely N-dealkylation sites (N-methyl/N-ethyl adjacent to an activating group) is 7. The molecule has 0 aromatic rings. The molecule has 24 nitrogen and oxygen atoms in total. The third kappa shape index (κ3) is 21.7. The Morgan fingerprint density at radius 3 is 1.45 bits per heavy atom. The summed E-state index contributed by atoms with van der Waals surface area (Å²) in [6.07, 6.45) is 2.62. The van der Waals surface area contributed by atoms with Gasteiger partial charge in [-0.2, -0.15) is 0 Å². The number of ether oxygens (including phenoxy) is 1. The van der Waals surface area contributed by atoms with Crippen LogP contribution in [0.5, 0.6) is 0 Å². The standard InChI is InChI=1S/C63H111N11O13/c1-25-29-40(15)53(76)52-57(80)66-44(27-3)59(82)74(28-4)34-48(75)71(22)51(43(18)87-30-26-2)56(79)67-49(38(11)12)62(85)68(19)45(31-35(5)6)55(78)64-41(16)54(77)65-42(17)58(81)69(20)46(32-36(7)8)60(83)70(21)47(33-37(9)10)61(84)72(23)50(39(13)14)63(86)73(52)24/h25-26,29,35-47,49-53,76H,2,27-28,30-34H2,1,3-24H3,(H,64,78)(H,65,77)(H,66,80)(H,67,79)/b29-25+/t40-,41+,42-,43-,44+,45+,46+,47+,49+,50+,51?,52+,53-/m1/s1. The lowest BCUT2D eigenvalue weighted by atomic mass is 9.93. The van der Waals surface area contributed by atoms with E-state index in [0.29, 0.717) is 0 Å². The van der Waals surface area contributed by atoms with Gasteiger partial charge in [-0.25, -0.2) is 0 Å². The molecule has 1 saturated heterocycles. The quantitative estimate of drug-likeness (QED) is 0.131. The van der Waals surface area contributed by atoms with Crippen LogP contribution >= 0.6 is 0 Å². The minimum atomic E-state index is -1.65. The lowest BCUT2D eigenvalue weighted by molar-refractivity contribution is -0.157. The molecule has 0 aliphatic carbocycles. The number of allylic oxidation sites excluding steroid dienone is 1. The molecule has 1 aliphatic heterocycles. The number of nitrogens with one attached hydrogen (secondary N) is 4. The molecule has 0 aromatic carbocycles. The van der Waals surface area contributed by atoms with Gasteiger partial charge in [-0.3, -0.25) is 52.7 Å². The molecule has 1 rings (SSSR count). The summed E-state index contributed by atoms with van der Waals surface area (Å²) in [5.41, 5.74) is 0. The first-order valence-corrected chi connectivity index (χ1v) is 30.9. The van der Waals surface area contributed by atoms with Crippen molar-refractivity contribution in [3.8, 4) is 0 Å². The van der Waals surface area contributed by atoms with Crippen LogP contribution in [0.4, 0.5) is 0 Å². The Hall–Kier alpha value is -6.43. The van der Waals surface area contributed by atoms with Gasteiger partial charge >= 0.3 is 0 Å². The van der Waals surface area contributed by atoms with E-state index in [1.165, 1.54) is 86.7 Å².